The third-order valence-corrected chi connectivity index (χ3v) is 6.72. The number of benzene rings is 2. The lowest BCUT2D eigenvalue weighted by molar-refractivity contribution is -0.143. The van der Waals surface area contributed by atoms with Crippen LogP contribution in [0.4, 0.5) is 0 Å². The van der Waals surface area contributed by atoms with Crippen LogP contribution < -0.4 is 9.47 Å². The molecule has 0 N–H and O–H groups in total. The molecule has 206 valence electrons. The zero-order valence-corrected chi connectivity index (χ0v) is 24.0. The Kier molecular flexibility index (Phi) is 9.55. The van der Waals surface area contributed by atoms with Gasteiger partial charge in [0.1, 0.15) is 6.54 Å². The summed E-state index contributed by atoms with van der Waals surface area (Å²) in [6.07, 6.45) is 0.873. The SMILES string of the molecule is COCCN(CC(=O)N1N=C(c2ccc(C)c(C)c2)C[C@@H]1c1ccc(OC)c(OC)c1)C(=O)CC(C)(C)C. The number of methoxy groups -OCH3 is 3. The average Bonchev–Trinajstić information content (AvgIpc) is 3.32. The van der Waals surface area contributed by atoms with Gasteiger partial charge >= 0.3 is 0 Å². The summed E-state index contributed by atoms with van der Waals surface area (Å²) < 4.78 is 16.2. The lowest BCUT2D eigenvalue weighted by Gasteiger charge is -2.29. The monoisotopic (exact) mass is 523 g/mol. The van der Waals surface area contributed by atoms with Crippen LogP contribution in [0, 0.1) is 19.3 Å². The second-order valence-corrected chi connectivity index (χ2v) is 11.0. The molecule has 0 aliphatic carbocycles. The molecular weight excluding hydrogens is 482 g/mol. The number of carbonyl (C=O) groups is 2. The van der Waals surface area contributed by atoms with Gasteiger partial charge in [0.25, 0.3) is 5.91 Å². The largest absolute Gasteiger partial charge is 0.493 e. The van der Waals surface area contributed by atoms with Gasteiger partial charge in [0.15, 0.2) is 11.5 Å². The van der Waals surface area contributed by atoms with E-state index in [4.69, 9.17) is 19.3 Å². The van der Waals surface area contributed by atoms with Crippen LogP contribution in [0.2, 0.25) is 0 Å². The van der Waals surface area contributed by atoms with Crippen LogP contribution >= 0.6 is 0 Å². The Bertz CT molecular complexity index is 1180. The fraction of sp³-hybridized carbons (Fsp3) is 0.500. The van der Waals surface area contributed by atoms with E-state index in [1.807, 2.05) is 45.0 Å². The van der Waals surface area contributed by atoms with E-state index in [0.717, 1.165) is 22.4 Å². The molecule has 3 rings (SSSR count). The zero-order chi connectivity index (χ0) is 28.0. The number of hydrazone groups is 1. The summed E-state index contributed by atoms with van der Waals surface area (Å²) in [6, 6.07) is 11.5. The van der Waals surface area contributed by atoms with E-state index >= 15 is 0 Å². The summed E-state index contributed by atoms with van der Waals surface area (Å²) in [7, 11) is 4.76. The molecule has 0 unspecified atom stereocenters. The van der Waals surface area contributed by atoms with Crippen LogP contribution in [-0.2, 0) is 14.3 Å². The molecule has 8 nitrogen and oxygen atoms in total. The molecule has 8 heteroatoms. The molecule has 0 spiro atoms. The van der Waals surface area contributed by atoms with Gasteiger partial charge in [0.2, 0.25) is 5.91 Å². The summed E-state index contributed by atoms with van der Waals surface area (Å²) in [5.74, 6) is 0.866. The molecule has 1 atom stereocenters. The van der Waals surface area contributed by atoms with Gasteiger partial charge in [0, 0.05) is 26.5 Å². The summed E-state index contributed by atoms with van der Waals surface area (Å²) in [4.78, 5) is 28.5. The summed E-state index contributed by atoms with van der Waals surface area (Å²) >= 11 is 0. The number of carbonyl (C=O) groups excluding carboxylic acids is 2. The second-order valence-electron chi connectivity index (χ2n) is 11.0. The highest BCUT2D eigenvalue weighted by molar-refractivity contribution is 6.03. The fourth-order valence-electron chi connectivity index (χ4n) is 4.45. The predicted molar refractivity (Wildman–Crippen MR) is 149 cm³/mol. The van der Waals surface area contributed by atoms with Crippen molar-refractivity contribution in [1.29, 1.82) is 0 Å². The van der Waals surface area contributed by atoms with E-state index in [9.17, 15) is 9.59 Å². The Morgan fingerprint density at radius 1 is 1.00 bits per heavy atom. The summed E-state index contributed by atoms with van der Waals surface area (Å²) in [6.45, 7) is 10.8. The third-order valence-electron chi connectivity index (χ3n) is 6.72. The topological polar surface area (TPSA) is 80.7 Å². The Morgan fingerprint density at radius 3 is 2.32 bits per heavy atom. The Morgan fingerprint density at radius 2 is 1.71 bits per heavy atom. The van der Waals surface area contributed by atoms with Crippen LogP contribution in [0.1, 0.15) is 61.9 Å². The Hall–Kier alpha value is -3.39. The molecule has 38 heavy (non-hydrogen) atoms. The highest BCUT2D eigenvalue weighted by atomic mass is 16.5. The second kappa shape index (κ2) is 12.4. The minimum absolute atomic E-state index is 0.0776. The highest BCUT2D eigenvalue weighted by Gasteiger charge is 2.35. The maximum atomic E-state index is 13.8. The smallest absolute Gasteiger partial charge is 0.262 e. The van der Waals surface area contributed by atoms with Crippen molar-refractivity contribution in [3.05, 3.63) is 58.7 Å². The molecule has 1 aliphatic rings. The van der Waals surface area contributed by atoms with Gasteiger partial charge in [-0.25, -0.2) is 5.01 Å². The van der Waals surface area contributed by atoms with Crippen molar-refractivity contribution in [2.45, 2.75) is 53.5 Å². The molecule has 0 aromatic heterocycles. The van der Waals surface area contributed by atoms with Crippen LogP contribution in [0.15, 0.2) is 41.5 Å². The molecule has 2 amide bonds. The van der Waals surface area contributed by atoms with Crippen molar-refractivity contribution < 1.29 is 23.8 Å². The van der Waals surface area contributed by atoms with Gasteiger partial charge in [-0.1, -0.05) is 39.0 Å². The standard InChI is InChI=1S/C30H41N3O5/c1-20-9-10-22(15-21(20)2)24-17-25(23-11-12-26(37-7)27(16-23)38-8)33(31-24)29(35)19-32(13-14-36-6)28(34)18-30(3,4)5/h9-12,15-16,25H,13-14,17-19H2,1-8H3/t25-/m1/s1. The first kappa shape index (κ1) is 29.2. The Labute approximate surface area is 226 Å². The summed E-state index contributed by atoms with van der Waals surface area (Å²) in [5.41, 5.74) is 4.84. The molecule has 2 aromatic carbocycles. The normalized spacial score (nSPS) is 15.3. The lowest BCUT2D eigenvalue weighted by Crippen LogP contribution is -2.43. The number of hydrogen-bond donors (Lipinski definition) is 0. The van der Waals surface area contributed by atoms with Gasteiger partial charge < -0.3 is 19.1 Å². The lowest BCUT2D eigenvalue weighted by atomic mass is 9.91. The number of aryl methyl sites for hydroxylation is 2. The van der Waals surface area contributed by atoms with Crippen LogP contribution in [0.25, 0.3) is 0 Å². The van der Waals surface area contributed by atoms with Crippen molar-refractivity contribution in [2.75, 3.05) is 41.0 Å². The highest BCUT2D eigenvalue weighted by Crippen LogP contribution is 2.37. The first-order valence-electron chi connectivity index (χ1n) is 12.9. The maximum Gasteiger partial charge on any atom is 0.262 e. The number of ether oxygens (including phenoxy) is 3. The van der Waals surface area contributed by atoms with Gasteiger partial charge in [-0.2, -0.15) is 5.10 Å². The van der Waals surface area contributed by atoms with Crippen molar-refractivity contribution in [3.63, 3.8) is 0 Å². The van der Waals surface area contributed by atoms with E-state index in [1.54, 1.807) is 26.2 Å². The number of rotatable bonds is 10. The molecule has 1 aliphatic heterocycles. The van der Waals surface area contributed by atoms with Crippen LogP contribution in [0.3, 0.4) is 0 Å². The molecule has 0 radical (unpaired) electrons. The fourth-order valence-corrected chi connectivity index (χ4v) is 4.45. The van der Waals surface area contributed by atoms with Crippen molar-refractivity contribution in [1.82, 2.24) is 9.91 Å². The van der Waals surface area contributed by atoms with Crippen molar-refractivity contribution >= 4 is 17.5 Å². The molecule has 1 heterocycles. The molecule has 0 saturated heterocycles. The maximum absolute atomic E-state index is 13.8. The average molecular weight is 524 g/mol. The molecule has 0 bridgehead atoms. The third kappa shape index (κ3) is 7.13. The van der Waals surface area contributed by atoms with Gasteiger partial charge in [-0.3, -0.25) is 9.59 Å². The first-order valence-corrected chi connectivity index (χ1v) is 12.9. The van der Waals surface area contributed by atoms with Crippen molar-refractivity contribution in [3.8, 4) is 11.5 Å². The van der Waals surface area contributed by atoms with E-state index in [2.05, 4.69) is 26.0 Å². The quantitative estimate of drug-likeness (QED) is 0.442. The van der Waals surface area contributed by atoms with Gasteiger partial charge in [-0.05, 0) is 59.7 Å². The molecule has 0 fully saturated rings. The molecule has 2 aromatic rings. The van der Waals surface area contributed by atoms with E-state index < -0.39 is 0 Å². The van der Waals surface area contributed by atoms with E-state index in [-0.39, 0.29) is 29.8 Å². The van der Waals surface area contributed by atoms with E-state index in [1.165, 1.54) is 10.6 Å². The van der Waals surface area contributed by atoms with Crippen molar-refractivity contribution in [2.24, 2.45) is 10.5 Å². The number of nitrogens with zero attached hydrogens (tertiary/aromatic N) is 3. The number of hydrogen-bond acceptors (Lipinski definition) is 6. The number of amides is 2. The minimum Gasteiger partial charge on any atom is -0.493 e. The zero-order valence-electron chi connectivity index (χ0n) is 24.0. The van der Waals surface area contributed by atoms with Gasteiger partial charge in [-0.15, -0.1) is 0 Å². The molecule has 0 saturated carbocycles. The van der Waals surface area contributed by atoms with Crippen LogP contribution in [-0.4, -0.2) is 68.5 Å². The van der Waals surface area contributed by atoms with E-state index in [0.29, 0.717) is 37.5 Å². The first-order chi connectivity index (χ1) is 18.0. The Balaban J connectivity index is 1.97. The predicted octanol–water partition coefficient (Wildman–Crippen LogP) is 4.91. The summed E-state index contributed by atoms with van der Waals surface area (Å²) in [5, 5.41) is 6.34. The van der Waals surface area contributed by atoms with Gasteiger partial charge in [0.05, 0.1) is 32.6 Å². The minimum atomic E-state index is -0.346. The molecular formula is C30H41N3O5. The van der Waals surface area contributed by atoms with Crippen LogP contribution in [0.5, 0.6) is 11.5 Å².